The SMILES string of the molecule is [N-]=[N+]=NCCCCN1CCN(c2ccc(F)cc2)CC1. The second-order valence-electron chi connectivity index (χ2n) is 4.97. The Balaban J connectivity index is 1.69. The van der Waals surface area contributed by atoms with Crippen LogP contribution in [-0.2, 0) is 0 Å². The number of nitrogens with zero attached hydrogens (tertiary/aromatic N) is 5. The summed E-state index contributed by atoms with van der Waals surface area (Å²) in [6.07, 6.45) is 2.01. The van der Waals surface area contributed by atoms with E-state index in [0.29, 0.717) is 6.54 Å². The van der Waals surface area contributed by atoms with Crippen LogP contribution in [-0.4, -0.2) is 44.2 Å². The van der Waals surface area contributed by atoms with Crippen molar-refractivity contribution in [3.05, 3.63) is 40.5 Å². The van der Waals surface area contributed by atoms with Crippen molar-refractivity contribution in [2.45, 2.75) is 12.8 Å². The number of unbranched alkanes of at least 4 members (excludes halogenated alkanes) is 1. The summed E-state index contributed by atoms with van der Waals surface area (Å²) in [5.41, 5.74) is 9.28. The lowest BCUT2D eigenvalue weighted by molar-refractivity contribution is 0.253. The van der Waals surface area contributed by atoms with Crippen LogP contribution in [0.5, 0.6) is 0 Å². The van der Waals surface area contributed by atoms with Crippen molar-refractivity contribution in [1.82, 2.24) is 4.90 Å². The van der Waals surface area contributed by atoms with Crippen molar-refractivity contribution in [3.63, 3.8) is 0 Å². The maximum absolute atomic E-state index is 12.9. The molecule has 0 radical (unpaired) electrons. The summed E-state index contributed by atoms with van der Waals surface area (Å²) in [5.74, 6) is -0.188. The van der Waals surface area contributed by atoms with Gasteiger partial charge in [0.2, 0.25) is 0 Å². The molecule has 1 aromatic carbocycles. The van der Waals surface area contributed by atoms with Gasteiger partial charge < -0.3 is 4.90 Å². The van der Waals surface area contributed by atoms with E-state index in [4.69, 9.17) is 5.53 Å². The number of hydrogen-bond donors (Lipinski definition) is 0. The van der Waals surface area contributed by atoms with Crippen LogP contribution in [0.25, 0.3) is 10.4 Å². The smallest absolute Gasteiger partial charge is 0.123 e. The molecule has 0 unspecified atom stereocenters. The van der Waals surface area contributed by atoms with Crippen LogP contribution in [0, 0.1) is 5.82 Å². The third kappa shape index (κ3) is 4.40. The molecule has 1 fully saturated rings. The van der Waals surface area contributed by atoms with Gasteiger partial charge in [0.1, 0.15) is 5.82 Å². The first-order chi connectivity index (χ1) is 9.79. The Bertz CT molecular complexity index is 447. The van der Waals surface area contributed by atoms with Crippen molar-refractivity contribution in [2.24, 2.45) is 5.11 Å². The van der Waals surface area contributed by atoms with E-state index in [2.05, 4.69) is 19.8 Å². The van der Waals surface area contributed by atoms with Gasteiger partial charge in [0.05, 0.1) is 0 Å². The van der Waals surface area contributed by atoms with Gasteiger partial charge in [-0.2, -0.15) is 0 Å². The Morgan fingerprint density at radius 1 is 1.10 bits per heavy atom. The Morgan fingerprint density at radius 2 is 1.80 bits per heavy atom. The fourth-order valence-corrected chi connectivity index (χ4v) is 2.44. The van der Waals surface area contributed by atoms with Gasteiger partial charge >= 0.3 is 0 Å². The molecule has 0 aliphatic carbocycles. The van der Waals surface area contributed by atoms with Crippen LogP contribution in [0.2, 0.25) is 0 Å². The van der Waals surface area contributed by atoms with Gasteiger partial charge in [0.25, 0.3) is 0 Å². The van der Waals surface area contributed by atoms with Crippen LogP contribution in [0.15, 0.2) is 29.4 Å². The van der Waals surface area contributed by atoms with Crippen molar-refractivity contribution < 1.29 is 4.39 Å². The van der Waals surface area contributed by atoms with Gasteiger partial charge in [-0.05, 0) is 49.2 Å². The molecule has 0 aromatic heterocycles. The summed E-state index contributed by atoms with van der Waals surface area (Å²) in [6, 6.07) is 6.70. The lowest BCUT2D eigenvalue weighted by Gasteiger charge is -2.36. The van der Waals surface area contributed by atoms with Gasteiger partial charge in [-0.15, -0.1) is 0 Å². The second kappa shape index (κ2) is 7.72. The van der Waals surface area contributed by atoms with E-state index < -0.39 is 0 Å². The van der Waals surface area contributed by atoms with Crippen LogP contribution >= 0.6 is 0 Å². The van der Waals surface area contributed by atoms with E-state index in [1.807, 2.05) is 12.1 Å². The average molecular weight is 277 g/mol. The summed E-state index contributed by atoms with van der Waals surface area (Å²) >= 11 is 0. The van der Waals surface area contributed by atoms with Crippen LogP contribution < -0.4 is 4.90 Å². The predicted octanol–water partition coefficient (Wildman–Crippen LogP) is 3.04. The minimum absolute atomic E-state index is 0.188. The second-order valence-corrected chi connectivity index (χ2v) is 4.97. The highest BCUT2D eigenvalue weighted by Gasteiger charge is 2.16. The molecule has 0 bridgehead atoms. The van der Waals surface area contributed by atoms with E-state index in [1.54, 1.807) is 0 Å². The number of anilines is 1. The molecule has 108 valence electrons. The van der Waals surface area contributed by atoms with E-state index in [0.717, 1.165) is 51.3 Å². The fraction of sp³-hybridized carbons (Fsp3) is 0.571. The molecule has 1 saturated heterocycles. The molecule has 0 N–H and O–H groups in total. The van der Waals surface area contributed by atoms with Crippen molar-refractivity contribution in [1.29, 1.82) is 0 Å². The monoisotopic (exact) mass is 277 g/mol. The highest BCUT2D eigenvalue weighted by molar-refractivity contribution is 5.46. The highest BCUT2D eigenvalue weighted by atomic mass is 19.1. The number of rotatable bonds is 6. The lowest BCUT2D eigenvalue weighted by atomic mass is 10.2. The third-order valence-corrected chi connectivity index (χ3v) is 3.61. The molecular weight excluding hydrogens is 257 g/mol. The summed E-state index contributed by atoms with van der Waals surface area (Å²) in [5, 5.41) is 3.54. The minimum atomic E-state index is -0.188. The Hall–Kier alpha value is -1.78. The van der Waals surface area contributed by atoms with E-state index >= 15 is 0 Å². The predicted molar refractivity (Wildman–Crippen MR) is 78.3 cm³/mol. The molecular formula is C14H20FN5. The summed E-state index contributed by atoms with van der Waals surface area (Å²) in [6.45, 7) is 5.64. The third-order valence-electron chi connectivity index (χ3n) is 3.61. The molecule has 20 heavy (non-hydrogen) atoms. The standard InChI is InChI=1S/C14H20FN5/c15-13-3-5-14(6-4-13)20-11-9-19(10-12-20)8-2-1-7-17-18-16/h3-6H,1-2,7-12H2. The first-order valence-corrected chi connectivity index (χ1v) is 7.03. The topological polar surface area (TPSA) is 55.2 Å². The number of piperazine rings is 1. The number of benzene rings is 1. The van der Waals surface area contributed by atoms with E-state index in [-0.39, 0.29) is 5.82 Å². The van der Waals surface area contributed by atoms with Gasteiger partial charge in [0.15, 0.2) is 0 Å². The van der Waals surface area contributed by atoms with Crippen molar-refractivity contribution in [3.8, 4) is 0 Å². The Morgan fingerprint density at radius 3 is 2.45 bits per heavy atom. The molecule has 0 atom stereocenters. The Kier molecular flexibility index (Phi) is 5.65. The quantitative estimate of drug-likeness (QED) is 0.347. The first kappa shape index (κ1) is 14.6. The number of azide groups is 1. The zero-order valence-electron chi connectivity index (χ0n) is 11.6. The normalized spacial score (nSPS) is 15.9. The molecule has 0 spiro atoms. The molecule has 1 aromatic rings. The zero-order valence-corrected chi connectivity index (χ0v) is 11.6. The van der Waals surface area contributed by atoms with Crippen LogP contribution in [0.3, 0.4) is 0 Å². The van der Waals surface area contributed by atoms with E-state index in [1.165, 1.54) is 12.1 Å². The number of hydrogen-bond acceptors (Lipinski definition) is 3. The average Bonchev–Trinajstić information content (AvgIpc) is 2.49. The molecule has 1 aliphatic heterocycles. The summed E-state index contributed by atoms with van der Waals surface area (Å²) < 4.78 is 12.9. The maximum atomic E-state index is 12.9. The van der Waals surface area contributed by atoms with Gasteiger partial charge in [-0.3, -0.25) is 4.90 Å². The van der Waals surface area contributed by atoms with Crippen LogP contribution in [0.4, 0.5) is 10.1 Å². The Labute approximate surface area is 118 Å². The van der Waals surface area contributed by atoms with Crippen molar-refractivity contribution in [2.75, 3.05) is 44.2 Å². The first-order valence-electron chi connectivity index (χ1n) is 7.03. The van der Waals surface area contributed by atoms with Gasteiger partial charge in [-0.1, -0.05) is 5.11 Å². The lowest BCUT2D eigenvalue weighted by Crippen LogP contribution is -2.46. The molecule has 2 rings (SSSR count). The van der Waals surface area contributed by atoms with Gasteiger partial charge in [0, 0.05) is 43.3 Å². The molecule has 0 amide bonds. The largest absolute Gasteiger partial charge is 0.369 e. The molecule has 5 nitrogen and oxygen atoms in total. The number of halogens is 1. The van der Waals surface area contributed by atoms with Crippen LogP contribution in [0.1, 0.15) is 12.8 Å². The maximum Gasteiger partial charge on any atom is 0.123 e. The molecule has 6 heteroatoms. The fourth-order valence-electron chi connectivity index (χ4n) is 2.44. The summed E-state index contributed by atoms with van der Waals surface area (Å²) in [7, 11) is 0. The highest BCUT2D eigenvalue weighted by Crippen LogP contribution is 2.17. The van der Waals surface area contributed by atoms with Crippen molar-refractivity contribution >= 4 is 5.69 Å². The molecule has 1 aliphatic rings. The molecule has 0 saturated carbocycles. The minimum Gasteiger partial charge on any atom is -0.369 e. The summed E-state index contributed by atoms with van der Waals surface area (Å²) in [4.78, 5) is 7.46. The van der Waals surface area contributed by atoms with Gasteiger partial charge in [-0.25, -0.2) is 4.39 Å². The molecule has 1 heterocycles. The zero-order chi connectivity index (χ0) is 14.2. The van der Waals surface area contributed by atoms with E-state index in [9.17, 15) is 4.39 Å².